The number of carbonyl (C=O) groups excluding carboxylic acids is 1. The number of rotatable bonds is 4. The molecular formula is C16H24N2O. The maximum atomic E-state index is 12.5. The van der Waals surface area contributed by atoms with Crippen molar-refractivity contribution in [1.82, 2.24) is 0 Å². The molecule has 0 aliphatic heterocycles. The second kappa shape index (κ2) is 5.33. The van der Waals surface area contributed by atoms with Gasteiger partial charge in [-0.1, -0.05) is 39.0 Å². The largest absolute Gasteiger partial charge is 0.329 e. The summed E-state index contributed by atoms with van der Waals surface area (Å²) in [6.45, 7) is 6.88. The van der Waals surface area contributed by atoms with Gasteiger partial charge in [0.2, 0.25) is 5.91 Å². The topological polar surface area (TPSA) is 55.1 Å². The van der Waals surface area contributed by atoms with Crippen molar-refractivity contribution in [1.29, 1.82) is 0 Å². The van der Waals surface area contributed by atoms with Crippen LogP contribution in [0.25, 0.3) is 0 Å². The Morgan fingerprint density at radius 2 is 2.05 bits per heavy atom. The summed E-state index contributed by atoms with van der Waals surface area (Å²) in [6.07, 6.45) is 1.80. The summed E-state index contributed by atoms with van der Waals surface area (Å²) in [4.78, 5) is 12.5. The van der Waals surface area contributed by atoms with Crippen LogP contribution >= 0.6 is 0 Å². The minimum absolute atomic E-state index is 0.0844. The molecule has 0 unspecified atom stereocenters. The Kier molecular flexibility index (Phi) is 3.95. The van der Waals surface area contributed by atoms with Gasteiger partial charge >= 0.3 is 0 Å². The molecule has 1 aliphatic rings. The lowest BCUT2D eigenvalue weighted by Crippen LogP contribution is -2.51. The second-order valence-electron chi connectivity index (χ2n) is 6.19. The molecule has 1 amide bonds. The van der Waals surface area contributed by atoms with E-state index in [-0.39, 0.29) is 11.3 Å². The molecule has 0 heterocycles. The van der Waals surface area contributed by atoms with Gasteiger partial charge in [-0.25, -0.2) is 0 Å². The van der Waals surface area contributed by atoms with E-state index in [0.29, 0.717) is 18.4 Å². The number of amides is 1. The maximum Gasteiger partial charge on any atom is 0.231 e. The molecule has 0 bridgehead atoms. The van der Waals surface area contributed by atoms with Gasteiger partial charge in [0.05, 0.1) is 5.41 Å². The molecule has 3 nitrogen and oxygen atoms in total. The highest BCUT2D eigenvalue weighted by molar-refractivity contribution is 5.96. The fourth-order valence-corrected chi connectivity index (χ4v) is 3.09. The molecule has 1 aromatic rings. The minimum Gasteiger partial charge on any atom is -0.329 e. The number of hydrogen-bond donors (Lipinski definition) is 2. The van der Waals surface area contributed by atoms with Gasteiger partial charge in [-0.05, 0) is 36.3 Å². The standard InChI is InChI=1S/C16H24N2O/c1-11(2)13-6-4-5-7-14(13)18-15(19)16(10-17)8-12(3)9-16/h4-7,11-12H,8-10,17H2,1-3H3,(H,18,19). The third kappa shape index (κ3) is 2.66. The van der Waals surface area contributed by atoms with Crippen LogP contribution in [0.2, 0.25) is 0 Å². The average molecular weight is 260 g/mol. The Morgan fingerprint density at radius 1 is 1.42 bits per heavy atom. The SMILES string of the molecule is CC1CC(CN)(C(=O)Nc2ccccc2C(C)C)C1. The van der Waals surface area contributed by atoms with E-state index in [1.807, 2.05) is 18.2 Å². The van der Waals surface area contributed by atoms with Gasteiger partial charge in [-0.2, -0.15) is 0 Å². The molecule has 19 heavy (non-hydrogen) atoms. The minimum atomic E-state index is -0.344. The van der Waals surface area contributed by atoms with Gasteiger partial charge in [-0.3, -0.25) is 4.79 Å². The van der Waals surface area contributed by atoms with E-state index in [2.05, 4.69) is 32.2 Å². The van der Waals surface area contributed by atoms with E-state index in [4.69, 9.17) is 5.73 Å². The molecule has 1 saturated carbocycles. The first kappa shape index (κ1) is 14.1. The van der Waals surface area contributed by atoms with Gasteiger partial charge in [0.1, 0.15) is 0 Å². The number of carbonyl (C=O) groups is 1. The van der Waals surface area contributed by atoms with Crippen molar-refractivity contribution in [2.24, 2.45) is 17.1 Å². The number of hydrogen-bond acceptors (Lipinski definition) is 2. The van der Waals surface area contributed by atoms with Crippen molar-refractivity contribution >= 4 is 11.6 Å². The van der Waals surface area contributed by atoms with Crippen LogP contribution in [-0.4, -0.2) is 12.5 Å². The van der Waals surface area contributed by atoms with E-state index in [9.17, 15) is 4.79 Å². The summed E-state index contributed by atoms with van der Waals surface area (Å²) < 4.78 is 0. The summed E-state index contributed by atoms with van der Waals surface area (Å²) in [5.41, 5.74) is 7.58. The number of para-hydroxylation sites is 1. The summed E-state index contributed by atoms with van der Waals surface area (Å²) in [5.74, 6) is 1.08. The van der Waals surface area contributed by atoms with E-state index in [0.717, 1.165) is 18.5 Å². The van der Waals surface area contributed by atoms with Gasteiger partial charge < -0.3 is 11.1 Å². The van der Waals surface area contributed by atoms with E-state index in [1.54, 1.807) is 0 Å². The monoisotopic (exact) mass is 260 g/mol. The van der Waals surface area contributed by atoms with Crippen LogP contribution in [0.3, 0.4) is 0 Å². The van der Waals surface area contributed by atoms with E-state index >= 15 is 0 Å². The van der Waals surface area contributed by atoms with E-state index in [1.165, 1.54) is 5.56 Å². The number of nitrogens with one attached hydrogen (secondary N) is 1. The second-order valence-corrected chi connectivity index (χ2v) is 6.19. The third-order valence-electron chi connectivity index (χ3n) is 4.18. The highest BCUT2D eigenvalue weighted by Gasteiger charge is 2.47. The predicted octanol–water partition coefficient (Wildman–Crippen LogP) is 3.12. The first-order chi connectivity index (χ1) is 8.98. The maximum absolute atomic E-state index is 12.5. The summed E-state index contributed by atoms with van der Waals surface area (Å²) >= 11 is 0. The fraction of sp³-hybridized carbons (Fsp3) is 0.562. The summed E-state index contributed by atoms with van der Waals surface area (Å²) in [7, 11) is 0. The Hall–Kier alpha value is -1.35. The van der Waals surface area contributed by atoms with Crippen LogP contribution in [0.15, 0.2) is 24.3 Å². The van der Waals surface area contributed by atoms with Crippen molar-refractivity contribution in [3.8, 4) is 0 Å². The first-order valence-corrected chi connectivity index (χ1v) is 7.09. The third-order valence-corrected chi connectivity index (χ3v) is 4.18. The molecule has 0 aromatic heterocycles. The Morgan fingerprint density at radius 3 is 2.58 bits per heavy atom. The molecule has 0 atom stereocenters. The lowest BCUT2D eigenvalue weighted by atomic mass is 9.62. The normalized spacial score (nSPS) is 26.1. The molecule has 1 aromatic carbocycles. The van der Waals surface area contributed by atoms with Crippen molar-refractivity contribution in [2.75, 3.05) is 11.9 Å². The fourth-order valence-electron chi connectivity index (χ4n) is 3.09. The highest BCUT2D eigenvalue weighted by Crippen LogP contribution is 2.45. The summed E-state index contributed by atoms with van der Waals surface area (Å²) in [6, 6.07) is 8.01. The lowest BCUT2D eigenvalue weighted by Gasteiger charge is -2.44. The molecular weight excluding hydrogens is 236 g/mol. The Balaban J connectivity index is 2.15. The zero-order valence-corrected chi connectivity index (χ0v) is 12.1. The van der Waals surface area contributed by atoms with Crippen LogP contribution < -0.4 is 11.1 Å². The lowest BCUT2D eigenvalue weighted by molar-refractivity contribution is -0.132. The van der Waals surface area contributed by atoms with Crippen LogP contribution in [0.5, 0.6) is 0 Å². The molecule has 104 valence electrons. The average Bonchev–Trinajstić information content (AvgIpc) is 2.35. The van der Waals surface area contributed by atoms with Crippen molar-refractivity contribution in [3.63, 3.8) is 0 Å². The molecule has 0 spiro atoms. The van der Waals surface area contributed by atoms with E-state index < -0.39 is 0 Å². The zero-order chi connectivity index (χ0) is 14.0. The Labute approximate surface area is 115 Å². The first-order valence-electron chi connectivity index (χ1n) is 7.09. The van der Waals surface area contributed by atoms with Crippen molar-refractivity contribution in [2.45, 2.75) is 39.5 Å². The molecule has 3 heteroatoms. The molecule has 1 fully saturated rings. The van der Waals surface area contributed by atoms with Crippen LogP contribution in [-0.2, 0) is 4.79 Å². The van der Waals surface area contributed by atoms with Gasteiger partial charge in [0.15, 0.2) is 0 Å². The van der Waals surface area contributed by atoms with Crippen LogP contribution in [0, 0.1) is 11.3 Å². The smallest absolute Gasteiger partial charge is 0.231 e. The molecule has 0 saturated heterocycles. The predicted molar refractivity (Wildman–Crippen MR) is 79.0 cm³/mol. The van der Waals surface area contributed by atoms with Crippen molar-refractivity contribution < 1.29 is 4.79 Å². The van der Waals surface area contributed by atoms with Gasteiger partial charge in [0.25, 0.3) is 0 Å². The quantitative estimate of drug-likeness (QED) is 0.874. The van der Waals surface area contributed by atoms with Gasteiger partial charge in [-0.15, -0.1) is 0 Å². The molecule has 3 N–H and O–H groups in total. The molecule has 1 aliphatic carbocycles. The highest BCUT2D eigenvalue weighted by atomic mass is 16.2. The molecule has 2 rings (SSSR count). The molecule has 0 radical (unpaired) electrons. The zero-order valence-electron chi connectivity index (χ0n) is 12.1. The number of benzene rings is 1. The number of anilines is 1. The number of nitrogens with two attached hydrogens (primary N) is 1. The van der Waals surface area contributed by atoms with Crippen molar-refractivity contribution in [3.05, 3.63) is 29.8 Å². The van der Waals surface area contributed by atoms with Crippen LogP contribution in [0.1, 0.15) is 45.1 Å². The van der Waals surface area contributed by atoms with Gasteiger partial charge in [0, 0.05) is 12.2 Å². The van der Waals surface area contributed by atoms with Crippen LogP contribution in [0.4, 0.5) is 5.69 Å². The summed E-state index contributed by atoms with van der Waals surface area (Å²) in [5, 5.41) is 3.09. The Bertz CT molecular complexity index is 462.